The molecule has 2 aromatic carbocycles. The third-order valence-electron chi connectivity index (χ3n) is 5.23. The first-order valence-electron chi connectivity index (χ1n) is 10.8. The second kappa shape index (κ2) is 10.7. The van der Waals surface area contributed by atoms with Gasteiger partial charge in [-0.15, -0.1) is 0 Å². The van der Waals surface area contributed by atoms with E-state index in [1.54, 1.807) is 12.3 Å². The van der Waals surface area contributed by atoms with Gasteiger partial charge < -0.3 is 14.6 Å². The van der Waals surface area contributed by atoms with Gasteiger partial charge in [-0.05, 0) is 29.8 Å². The third kappa shape index (κ3) is 5.83. The van der Waals surface area contributed by atoms with Gasteiger partial charge in [0.2, 0.25) is 5.91 Å². The molecule has 4 rings (SSSR count). The lowest BCUT2D eigenvalue weighted by atomic mass is 10.2. The molecule has 170 valence electrons. The van der Waals surface area contributed by atoms with E-state index in [0.717, 1.165) is 16.7 Å². The molecule has 6 nitrogen and oxygen atoms in total. The normalized spacial score (nSPS) is 11.0. The van der Waals surface area contributed by atoms with Crippen LogP contribution < -0.4 is 10.2 Å². The van der Waals surface area contributed by atoms with Gasteiger partial charge in [0, 0.05) is 36.3 Å². The Morgan fingerprint density at radius 2 is 1.91 bits per heavy atom. The van der Waals surface area contributed by atoms with Crippen LogP contribution in [0.1, 0.15) is 30.5 Å². The fraction of sp³-hybridized carbons (Fsp3) is 0.240. The third-order valence-corrected chi connectivity index (χ3v) is 5.74. The predicted octanol–water partition coefficient (Wildman–Crippen LogP) is 5.81. The highest BCUT2D eigenvalue weighted by atomic mass is 35.5. The van der Waals surface area contributed by atoms with E-state index in [2.05, 4.69) is 10.3 Å². The monoisotopic (exact) mass is 482 g/mol. The van der Waals surface area contributed by atoms with E-state index >= 15 is 0 Å². The van der Waals surface area contributed by atoms with Gasteiger partial charge in [-0.1, -0.05) is 60.5 Å². The van der Waals surface area contributed by atoms with Crippen molar-refractivity contribution >= 4 is 45.8 Å². The summed E-state index contributed by atoms with van der Waals surface area (Å²) >= 11 is 12.8. The molecule has 0 atom stereocenters. The van der Waals surface area contributed by atoms with Gasteiger partial charge in [-0.25, -0.2) is 9.97 Å². The van der Waals surface area contributed by atoms with Gasteiger partial charge in [0.25, 0.3) is 0 Å². The Balaban J connectivity index is 1.60. The highest BCUT2D eigenvalue weighted by Crippen LogP contribution is 2.33. The number of rotatable bonds is 9. The molecule has 2 heterocycles. The lowest BCUT2D eigenvalue weighted by Gasteiger charge is -2.24. The Bertz CT molecular complexity index is 1230. The first-order valence-corrected chi connectivity index (χ1v) is 11.5. The van der Waals surface area contributed by atoms with E-state index in [0.29, 0.717) is 53.3 Å². The molecule has 1 amide bonds. The fourth-order valence-corrected chi connectivity index (χ4v) is 4.09. The van der Waals surface area contributed by atoms with Crippen LogP contribution in [0, 0.1) is 0 Å². The van der Waals surface area contributed by atoms with Gasteiger partial charge in [-0.3, -0.25) is 4.79 Å². The maximum absolute atomic E-state index is 12.6. The number of fused-ring (bicyclic) bond motifs is 1. The first-order chi connectivity index (χ1) is 16.0. The van der Waals surface area contributed by atoms with Crippen molar-refractivity contribution in [1.29, 1.82) is 0 Å². The average molecular weight is 483 g/mol. The molecule has 0 saturated heterocycles. The van der Waals surface area contributed by atoms with E-state index < -0.39 is 0 Å². The quantitative estimate of drug-likeness (QED) is 0.326. The second-order valence-corrected chi connectivity index (χ2v) is 8.46. The highest BCUT2D eigenvalue weighted by molar-refractivity contribution is 6.38. The number of aryl methyl sites for hydroxylation is 1. The maximum atomic E-state index is 12.6. The second-order valence-electron chi connectivity index (χ2n) is 7.61. The van der Waals surface area contributed by atoms with E-state index in [1.165, 1.54) is 0 Å². The van der Waals surface area contributed by atoms with Crippen LogP contribution in [0.15, 0.2) is 65.3 Å². The molecule has 0 spiro atoms. The van der Waals surface area contributed by atoms with Gasteiger partial charge in [0.15, 0.2) is 0 Å². The summed E-state index contributed by atoms with van der Waals surface area (Å²) in [5.74, 6) is 2.05. The molecule has 8 heteroatoms. The van der Waals surface area contributed by atoms with Crippen molar-refractivity contribution in [3.8, 4) is 0 Å². The zero-order chi connectivity index (χ0) is 23.2. The number of hydrogen-bond donors (Lipinski definition) is 1. The number of nitrogens with one attached hydrogen (secondary N) is 1. The standard InChI is InChI=1S/C25H24Cl2N4O2/c1-2-22-29-24-20(13-18(26)14-21(24)27)25(30-22)31(16-19-9-6-12-33-19)11-10-23(32)28-15-17-7-4-3-5-8-17/h3-9,12-14H,2,10-11,15-16H2,1H3,(H,28,32). The van der Waals surface area contributed by atoms with Crippen LogP contribution in [0.25, 0.3) is 10.9 Å². The fourth-order valence-electron chi connectivity index (χ4n) is 3.56. The summed E-state index contributed by atoms with van der Waals surface area (Å²) in [4.78, 5) is 24.0. The molecule has 0 fully saturated rings. The van der Waals surface area contributed by atoms with Crippen molar-refractivity contribution in [2.75, 3.05) is 11.4 Å². The van der Waals surface area contributed by atoms with Crippen LogP contribution in [-0.2, 0) is 24.3 Å². The van der Waals surface area contributed by atoms with Crippen LogP contribution in [0.5, 0.6) is 0 Å². The Kier molecular flexibility index (Phi) is 7.47. The average Bonchev–Trinajstić information content (AvgIpc) is 3.34. The predicted molar refractivity (Wildman–Crippen MR) is 132 cm³/mol. The molecule has 0 radical (unpaired) electrons. The molecular weight excluding hydrogens is 459 g/mol. The van der Waals surface area contributed by atoms with Gasteiger partial charge >= 0.3 is 0 Å². The van der Waals surface area contributed by atoms with Crippen molar-refractivity contribution in [3.63, 3.8) is 0 Å². The van der Waals surface area contributed by atoms with E-state index in [4.69, 9.17) is 32.6 Å². The van der Waals surface area contributed by atoms with Crippen LogP contribution in [-0.4, -0.2) is 22.4 Å². The largest absolute Gasteiger partial charge is 0.467 e. The lowest BCUT2D eigenvalue weighted by Crippen LogP contribution is -2.31. The number of furan rings is 1. The SMILES string of the molecule is CCc1nc(N(CCC(=O)NCc2ccccc2)Cc2ccco2)c2cc(Cl)cc(Cl)c2n1. The topological polar surface area (TPSA) is 71.3 Å². The van der Waals surface area contributed by atoms with E-state index in [1.807, 2.05) is 60.4 Å². The Labute approximate surface area is 202 Å². The smallest absolute Gasteiger partial charge is 0.222 e. The van der Waals surface area contributed by atoms with Crippen molar-refractivity contribution in [1.82, 2.24) is 15.3 Å². The number of nitrogens with zero attached hydrogens (tertiary/aromatic N) is 3. The number of carbonyl (C=O) groups excluding carboxylic acids is 1. The van der Waals surface area contributed by atoms with Gasteiger partial charge in [0.1, 0.15) is 17.4 Å². The van der Waals surface area contributed by atoms with Crippen LogP contribution in [0.2, 0.25) is 10.0 Å². The zero-order valence-corrected chi connectivity index (χ0v) is 19.7. The van der Waals surface area contributed by atoms with Crippen LogP contribution in [0.4, 0.5) is 5.82 Å². The highest BCUT2D eigenvalue weighted by Gasteiger charge is 2.19. The minimum absolute atomic E-state index is 0.0477. The summed E-state index contributed by atoms with van der Waals surface area (Å²) in [6.45, 7) is 3.35. The summed E-state index contributed by atoms with van der Waals surface area (Å²) in [5.41, 5.74) is 1.69. The summed E-state index contributed by atoms with van der Waals surface area (Å²) in [6.07, 6.45) is 2.56. The molecule has 0 unspecified atom stereocenters. The van der Waals surface area contributed by atoms with Gasteiger partial charge in [0.05, 0.1) is 23.3 Å². The molecule has 0 aliphatic rings. The van der Waals surface area contributed by atoms with Crippen molar-refractivity contribution in [3.05, 3.63) is 88.1 Å². The summed E-state index contributed by atoms with van der Waals surface area (Å²) in [5, 5.41) is 4.68. The molecule has 33 heavy (non-hydrogen) atoms. The first kappa shape index (κ1) is 23.1. The molecule has 0 saturated carbocycles. The van der Waals surface area contributed by atoms with Crippen LogP contribution >= 0.6 is 23.2 Å². The van der Waals surface area contributed by atoms with E-state index in [9.17, 15) is 4.79 Å². The Hall–Kier alpha value is -3.09. The Morgan fingerprint density at radius 1 is 1.09 bits per heavy atom. The van der Waals surface area contributed by atoms with Crippen molar-refractivity contribution < 1.29 is 9.21 Å². The summed E-state index contributed by atoms with van der Waals surface area (Å²) < 4.78 is 5.58. The number of halogens is 2. The molecule has 0 bridgehead atoms. The number of benzene rings is 2. The minimum atomic E-state index is -0.0477. The molecule has 0 aliphatic carbocycles. The van der Waals surface area contributed by atoms with Gasteiger partial charge in [-0.2, -0.15) is 0 Å². The Morgan fingerprint density at radius 3 is 2.64 bits per heavy atom. The zero-order valence-electron chi connectivity index (χ0n) is 18.2. The number of amides is 1. The molecule has 4 aromatic rings. The molecule has 0 aliphatic heterocycles. The molecular formula is C25H24Cl2N4O2. The number of anilines is 1. The van der Waals surface area contributed by atoms with Crippen molar-refractivity contribution in [2.24, 2.45) is 0 Å². The maximum Gasteiger partial charge on any atom is 0.222 e. The minimum Gasteiger partial charge on any atom is -0.467 e. The van der Waals surface area contributed by atoms with Crippen LogP contribution in [0.3, 0.4) is 0 Å². The molecule has 1 N–H and O–H groups in total. The number of hydrogen-bond acceptors (Lipinski definition) is 5. The van der Waals surface area contributed by atoms with Crippen molar-refractivity contribution in [2.45, 2.75) is 32.9 Å². The van der Waals surface area contributed by atoms with E-state index in [-0.39, 0.29) is 12.3 Å². The lowest BCUT2D eigenvalue weighted by molar-refractivity contribution is -0.121. The summed E-state index contributed by atoms with van der Waals surface area (Å²) in [7, 11) is 0. The number of carbonyl (C=O) groups is 1. The summed E-state index contributed by atoms with van der Waals surface area (Å²) in [6, 6.07) is 17.0. The number of aromatic nitrogens is 2. The molecule has 2 aromatic heterocycles.